The molecule has 0 unspecified atom stereocenters. The molecule has 0 bridgehead atoms. The number of piperidine rings is 3. The van der Waals surface area contributed by atoms with E-state index in [1.54, 1.807) is 23.9 Å². The number of carbonyl (C=O) groups is 9. The molecule has 3 saturated heterocycles. The molecule has 7 amide bonds. The number of hydrogen-bond donors (Lipinski definition) is 10. The first-order valence-electron chi connectivity index (χ1n) is 31.6. The fraction of sp³-hybridized carbons (Fsp3) is 0.500. The van der Waals surface area contributed by atoms with Crippen LogP contribution in [0.3, 0.4) is 0 Å². The van der Waals surface area contributed by atoms with E-state index in [1.807, 2.05) is 121 Å². The average molecular weight is 1690 g/mol. The van der Waals surface area contributed by atoms with Crippen LogP contribution >= 0.6 is 43.2 Å². The molecule has 3 heterocycles. The number of carboxylic acids is 1. The standard InChI is InChI=1S/C14H20N2O4.C14H18N2O3.C13H18N2O4.C13H16N2O3.C7H14N2O3S.C3H9ISi.CH4O.CH4.Cl2OS.Na.2H2O/c1-19-13(17)12(8-5-9-15)16-14(18)20-10-11-6-3-2-4-7-11;1-16-9-5-8-12(13(16)17)15-14(18)19-10-11-6-3-2-4-7-11;14-8-4-7-11(12(16)17)15-13(18)19-9-10-5-2-1-3-6-10;16-12-11(7-4-8-14-12)15-13(17)18-9-10-5-2-1-3-6-10;1-9-5-3-4-6(7(9)10)8-13(2,11)12;1-5(2,3)4;1-2;;1-4(2)3;;;/h2-4,6-7,12H,5,8-10,15H2,1H3,(H,16,18);2-4,6-7,12H,5,8-10H2,1H3,(H,15,18);1-3,5-6,11H,4,7-9,14H2,(H,15,18)(H,16,17);1-3,5-6,11H,4,7-9H2,(H,14,16)(H,15,17);6,8H,3-5H2,1-2H3;1-3H3;2H,1H3;1H4;;;2*1H2/q;;;;;;;;;+1;;/p-1/t2*12-;2*11-;6-;;;;;;;/m00000......./s1. The molecule has 15 N–H and O–H groups in total. The van der Waals surface area contributed by atoms with Gasteiger partial charge in [0, 0.05) is 62.2 Å². The number of methoxy groups -OCH3 is 1. The number of hydrogen-bond acceptors (Lipinski definition) is 21. The van der Waals surface area contributed by atoms with Gasteiger partial charge < -0.3 is 92.7 Å². The largest absolute Gasteiger partial charge is 1.00 e. The Bertz CT molecular complexity index is 3150. The van der Waals surface area contributed by atoms with E-state index in [9.17, 15) is 51.6 Å². The van der Waals surface area contributed by atoms with Crippen molar-refractivity contribution in [2.24, 2.45) is 11.5 Å². The average Bonchev–Trinajstić information content (AvgIpc) is 0.858. The molecular formula is C66H106Cl2IN10NaO21S2Si. The van der Waals surface area contributed by atoms with Gasteiger partial charge in [0.15, 0.2) is 0 Å². The minimum Gasteiger partial charge on any atom is -0.870 e. The zero-order valence-corrected chi connectivity index (χ0v) is 68.0. The molecule has 584 valence electrons. The van der Waals surface area contributed by atoms with Crippen LogP contribution in [0.1, 0.15) is 93.9 Å². The van der Waals surface area contributed by atoms with Gasteiger partial charge in [0.25, 0.3) is 0 Å². The topological polar surface area (TPSA) is 484 Å². The fourth-order valence-electron chi connectivity index (χ4n) is 8.40. The van der Waals surface area contributed by atoms with Crippen LogP contribution in [0, 0.1) is 0 Å². The Labute approximate surface area is 658 Å². The summed E-state index contributed by atoms with van der Waals surface area (Å²) in [7, 11) is 9.77. The molecule has 104 heavy (non-hydrogen) atoms. The smallest absolute Gasteiger partial charge is 0.870 e. The number of amides is 7. The first-order valence-corrected chi connectivity index (χ1v) is 42.9. The number of likely N-dealkylation sites (N-methyl/N-ethyl adjacent to an activating group) is 2. The van der Waals surface area contributed by atoms with Gasteiger partial charge in [0.1, 0.15) is 62.2 Å². The van der Waals surface area contributed by atoms with Gasteiger partial charge in [0.05, 0.1) is 13.4 Å². The van der Waals surface area contributed by atoms with Gasteiger partial charge in [-0.3, -0.25) is 14.4 Å². The van der Waals surface area contributed by atoms with E-state index in [0.29, 0.717) is 64.7 Å². The van der Waals surface area contributed by atoms with Crippen LogP contribution < -0.4 is 72.3 Å². The van der Waals surface area contributed by atoms with Crippen LogP contribution in [-0.2, 0) is 93.3 Å². The van der Waals surface area contributed by atoms with Crippen LogP contribution in [0.15, 0.2) is 121 Å². The predicted octanol–water partition coefficient (Wildman–Crippen LogP) is 3.73. The normalized spacial score (nSPS) is 15.2. The number of aliphatic hydroxyl groups excluding tert-OH is 1. The van der Waals surface area contributed by atoms with Crippen molar-refractivity contribution in [1.29, 1.82) is 0 Å². The third kappa shape index (κ3) is 56.1. The van der Waals surface area contributed by atoms with Crippen molar-refractivity contribution in [3.8, 4) is 0 Å². The number of likely N-dealkylation sites (tertiary alicyclic amines) is 2. The number of alkyl carbamates (subject to hydrolysis) is 4. The zero-order valence-electron chi connectivity index (χ0n) is 59.7. The van der Waals surface area contributed by atoms with E-state index in [0.717, 1.165) is 61.4 Å². The maximum Gasteiger partial charge on any atom is 1.00 e. The summed E-state index contributed by atoms with van der Waals surface area (Å²) in [6, 6.07) is 34.1. The maximum atomic E-state index is 11.8. The minimum atomic E-state index is -3.28. The van der Waals surface area contributed by atoms with Gasteiger partial charge in [-0.2, -0.15) is 0 Å². The number of benzene rings is 4. The number of nitrogens with one attached hydrogen (secondary N) is 6. The van der Waals surface area contributed by atoms with Crippen LogP contribution in [0.5, 0.6) is 0 Å². The Morgan fingerprint density at radius 2 is 0.933 bits per heavy atom. The molecule has 0 saturated carbocycles. The van der Waals surface area contributed by atoms with Crippen molar-refractivity contribution in [2.45, 2.75) is 148 Å². The number of aliphatic carboxylic acids is 1. The molecule has 4 aromatic rings. The van der Waals surface area contributed by atoms with Crippen LogP contribution in [0.25, 0.3) is 0 Å². The third-order valence-corrected chi connectivity index (χ3v) is 13.9. The summed E-state index contributed by atoms with van der Waals surface area (Å²) in [5.41, 5.74) is 13.6. The SMILES string of the molecule is C.CN1CCC[C@H](NC(=O)OCc2ccccc2)C1=O.CN1CCC[C@H](NS(C)(=O)=O)C1=O.CO.COC(=O)[C@H](CCCN)NC(=O)OCc1ccccc1.C[Si](C)(C)I.NCCC[C@H](NC(=O)OCc1ccccc1)C(=O)O.O.O=C(N[C@H]1CCCNC1=O)OCc1ccccc1.O=S(Cl)Cl.[Na+].[OH-]. The first kappa shape index (κ1) is 106. The zero-order chi connectivity index (χ0) is 75.5. The van der Waals surface area contributed by atoms with Gasteiger partial charge in [-0.15, -0.1) is 21.8 Å². The number of nitrogens with zero attached hydrogens (tertiary/aromatic N) is 2. The number of carbonyl (C=O) groups excluding carboxylic acids is 8. The molecule has 3 fully saturated rings. The summed E-state index contributed by atoms with van der Waals surface area (Å²) in [5.74, 6) is -1.93. The first-order chi connectivity index (χ1) is 47.3. The number of ether oxygens (including phenoxy) is 5. The number of aliphatic hydroxyl groups is 1. The summed E-state index contributed by atoms with van der Waals surface area (Å²) in [6.07, 6.45) is 4.94. The number of carboxylic acid groups (broad SMARTS) is 1. The molecule has 0 radical (unpaired) electrons. The van der Waals surface area contributed by atoms with E-state index < -0.39 is 91.3 Å². The summed E-state index contributed by atoms with van der Waals surface area (Å²) >= 11 is 2.52. The van der Waals surface area contributed by atoms with Crippen molar-refractivity contribution in [3.63, 3.8) is 0 Å². The third-order valence-electron chi connectivity index (χ3n) is 13.2. The number of rotatable bonds is 22. The second-order valence-corrected chi connectivity index (χ2v) is 40.8. The Kier molecular flexibility index (Phi) is 64.2. The number of nitrogens with two attached hydrogens (primary N) is 2. The summed E-state index contributed by atoms with van der Waals surface area (Å²) in [5, 5.41) is 28.6. The Hall–Kier alpha value is -6.30. The van der Waals surface area contributed by atoms with E-state index in [1.165, 1.54) is 7.11 Å². The Morgan fingerprint density at radius 1 is 0.625 bits per heavy atom. The molecule has 0 aliphatic carbocycles. The van der Waals surface area contributed by atoms with E-state index >= 15 is 0 Å². The Balaban J connectivity index is -0.000000377. The van der Waals surface area contributed by atoms with Gasteiger partial charge >= 0.3 is 65.9 Å². The molecule has 3 aliphatic rings. The van der Waals surface area contributed by atoms with Crippen molar-refractivity contribution in [1.82, 2.24) is 41.1 Å². The van der Waals surface area contributed by atoms with Gasteiger partial charge in [-0.1, -0.05) is 148 Å². The molecular weight excluding hydrogens is 1580 g/mol. The molecule has 38 heteroatoms. The Morgan fingerprint density at radius 3 is 1.26 bits per heavy atom. The monoisotopic (exact) mass is 1690 g/mol. The van der Waals surface area contributed by atoms with Crippen molar-refractivity contribution < 1.29 is 130 Å². The maximum absolute atomic E-state index is 11.8. The van der Waals surface area contributed by atoms with Crippen LogP contribution in [0.4, 0.5) is 19.2 Å². The minimum absolute atomic E-state index is 0. The van der Waals surface area contributed by atoms with Crippen LogP contribution in [-0.4, -0.2) is 201 Å². The van der Waals surface area contributed by atoms with Gasteiger partial charge in [-0.05, 0) is 99.6 Å². The van der Waals surface area contributed by atoms with E-state index in [2.05, 4.69) is 98.8 Å². The number of halogens is 3. The summed E-state index contributed by atoms with van der Waals surface area (Å²) in [4.78, 5) is 106. The van der Waals surface area contributed by atoms with Crippen LogP contribution in [0.2, 0.25) is 19.6 Å². The summed E-state index contributed by atoms with van der Waals surface area (Å²) < 4.78 is 57.9. The fourth-order valence-corrected chi connectivity index (χ4v) is 9.13. The molecule has 31 nitrogen and oxygen atoms in total. The van der Waals surface area contributed by atoms with Crippen molar-refractivity contribution in [2.75, 3.05) is 67.3 Å². The number of esters is 1. The molecule has 3 aliphatic heterocycles. The van der Waals surface area contributed by atoms with Gasteiger partial charge in [-0.25, -0.2) is 46.1 Å². The summed E-state index contributed by atoms with van der Waals surface area (Å²) in [6.45, 7) is 10.6. The van der Waals surface area contributed by atoms with E-state index in [-0.39, 0.29) is 98.5 Å². The number of sulfonamides is 1. The molecule has 0 aromatic heterocycles. The predicted molar refractivity (Wildman–Crippen MR) is 406 cm³/mol. The second-order valence-electron chi connectivity index (χ2n) is 22.7. The molecule has 0 spiro atoms. The van der Waals surface area contributed by atoms with Crippen molar-refractivity contribution >= 4 is 122 Å². The molecule has 4 aromatic carbocycles. The quantitative estimate of drug-likeness (QED) is 0.0134. The van der Waals surface area contributed by atoms with Crippen molar-refractivity contribution in [3.05, 3.63) is 144 Å². The molecule has 7 rings (SSSR count). The van der Waals surface area contributed by atoms with Gasteiger partial charge in [0.2, 0.25) is 37.0 Å². The molecule has 5 atom stereocenters. The second kappa shape index (κ2) is 62.9. The van der Waals surface area contributed by atoms with E-state index in [4.69, 9.17) is 44.8 Å².